The molecule has 0 radical (unpaired) electrons. The topological polar surface area (TPSA) is 75.4 Å². The van der Waals surface area contributed by atoms with E-state index >= 15 is 0 Å². The lowest BCUT2D eigenvalue weighted by Crippen LogP contribution is -2.38. The molecule has 0 unspecified atom stereocenters. The smallest absolute Gasteiger partial charge is 0.318 e. The number of amides is 3. The molecule has 0 aromatic heterocycles. The molecule has 1 aliphatic heterocycles. The molecule has 2 atom stereocenters. The lowest BCUT2D eigenvalue weighted by atomic mass is 9.93. The molecule has 21 heavy (non-hydrogen) atoms. The number of likely N-dealkylation sites (tertiary alicyclic amines) is 1. The molecular formula is C16H23N3O2. The van der Waals surface area contributed by atoms with Crippen LogP contribution in [0.25, 0.3) is 0 Å². The van der Waals surface area contributed by atoms with E-state index in [1.54, 1.807) is 0 Å². The van der Waals surface area contributed by atoms with Gasteiger partial charge < -0.3 is 5.73 Å². The standard InChI is InChI=1S/C16H23N3O2/c1-12-14(11-13-5-3-2-4-6-13)7-9-19(12)10-8-15(20)18-16(17)21/h2-6,12,14H,7-11H2,1H3,(H3,17,18,20,21)/t12-,14+/m0/s1. The summed E-state index contributed by atoms with van der Waals surface area (Å²) in [7, 11) is 0. The van der Waals surface area contributed by atoms with E-state index in [-0.39, 0.29) is 5.91 Å². The van der Waals surface area contributed by atoms with Crippen molar-refractivity contribution in [3.05, 3.63) is 35.9 Å². The predicted molar refractivity (Wildman–Crippen MR) is 81.6 cm³/mol. The third-order valence-electron chi connectivity index (χ3n) is 4.27. The molecule has 0 spiro atoms. The van der Waals surface area contributed by atoms with E-state index in [1.165, 1.54) is 5.56 Å². The molecule has 3 N–H and O–H groups in total. The van der Waals surface area contributed by atoms with Gasteiger partial charge in [0.25, 0.3) is 0 Å². The molecule has 1 aromatic carbocycles. The van der Waals surface area contributed by atoms with Crippen LogP contribution in [0.2, 0.25) is 0 Å². The molecule has 114 valence electrons. The van der Waals surface area contributed by atoms with Gasteiger partial charge in [-0.15, -0.1) is 0 Å². The van der Waals surface area contributed by atoms with E-state index in [0.29, 0.717) is 24.9 Å². The fraction of sp³-hybridized carbons (Fsp3) is 0.500. The number of hydrogen-bond donors (Lipinski definition) is 2. The molecule has 0 aliphatic carbocycles. The molecular weight excluding hydrogens is 266 g/mol. The van der Waals surface area contributed by atoms with Crippen LogP contribution >= 0.6 is 0 Å². The third kappa shape index (κ3) is 4.56. The number of nitrogens with zero attached hydrogens (tertiary/aromatic N) is 1. The molecule has 1 aromatic rings. The van der Waals surface area contributed by atoms with E-state index in [9.17, 15) is 9.59 Å². The minimum atomic E-state index is -0.781. The summed E-state index contributed by atoms with van der Waals surface area (Å²) < 4.78 is 0. The van der Waals surface area contributed by atoms with E-state index in [2.05, 4.69) is 41.4 Å². The van der Waals surface area contributed by atoms with Gasteiger partial charge in [0, 0.05) is 19.0 Å². The summed E-state index contributed by atoms with van der Waals surface area (Å²) in [5.74, 6) is 0.313. The molecule has 1 fully saturated rings. The van der Waals surface area contributed by atoms with Crippen LogP contribution in [0.4, 0.5) is 4.79 Å². The number of nitrogens with one attached hydrogen (secondary N) is 1. The quantitative estimate of drug-likeness (QED) is 0.863. The Morgan fingerprint density at radius 3 is 2.71 bits per heavy atom. The summed E-state index contributed by atoms with van der Waals surface area (Å²) in [6, 6.07) is 10.2. The van der Waals surface area contributed by atoms with Gasteiger partial charge in [-0.25, -0.2) is 4.79 Å². The highest BCUT2D eigenvalue weighted by molar-refractivity contribution is 5.93. The third-order valence-corrected chi connectivity index (χ3v) is 4.27. The van der Waals surface area contributed by atoms with Crippen molar-refractivity contribution in [2.45, 2.75) is 32.2 Å². The Kier molecular flexibility index (Phi) is 5.33. The summed E-state index contributed by atoms with van der Waals surface area (Å²) >= 11 is 0. The maximum atomic E-state index is 11.5. The van der Waals surface area contributed by atoms with Crippen LogP contribution in [-0.2, 0) is 11.2 Å². The van der Waals surface area contributed by atoms with Crippen LogP contribution in [0, 0.1) is 5.92 Å². The first-order chi connectivity index (χ1) is 10.1. The zero-order chi connectivity index (χ0) is 15.2. The number of primary amides is 1. The van der Waals surface area contributed by atoms with Crippen molar-refractivity contribution in [2.24, 2.45) is 11.7 Å². The second kappa shape index (κ2) is 7.22. The van der Waals surface area contributed by atoms with Crippen molar-refractivity contribution >= 4 is 11.9 Å². The van der Waals surface area contributed by atoms with Crippen LogP contribution < -0.4 is 11.1 Å². The Hall–Kier alpha value is -1.88. The number of hydrogen-bond acceptors (Lipinski definition) is 3. The zero-order valence-corrected chi connectivity index (χ0v) is 12.4. The second-order valence-corrected chi connectivity index (χ2v) is 5.68. The Morgan fingerprint density at radius 1 is 1.33 bits per heavy atom. The fourth-order valence-corrected chi connectivity index (χ4v) is 3.02. The molecule has 1 saturated heterocycles. The van der Waals surface area contributed by atoms with E-state index in [4.69, 9.17) is 5.73 Å². The first kappa shape index (κ1) is 15.5. The normalized spacial score (nSPS) is 22.1. The highest BCUT2D eigenvalue weighted by Crippen LogP contribution is 2.27. The Morgan fingerprint density at radius 2 is 2.05 bits per heavy atom. The number of carbonyl (C=O) groups excluding carboxylic acids is 2. The zero-order valence-electron chi connectivity index (χ0n) is 12.4. The van der Waals surface area contributed by atoms with Gasteiger partial charge in [-0.1, -0.05) is 30.3 Å². The Labute approximate surface area is 125 Å². The van der Waals surface area contributed by atoms with E-state index < -0.39 is 6.03 Å². The Bertz CT molecular complexity index is 490. The van der Waals surface area contributed by atoms with Crippen LogP contribution in [0.3, 0.4) is 0 Å². The summed E-state index contributed by atoms with van der Waals surface area (Å²) in [6.07, 6.45) is 2.53. The second-order valence-electron chi connectivity index (χ2n) is 5.68. The van der Waals surface area contributed by atoms with Gasteiger partial charge in [-0.2, -0.15) is 0 Å². The highest BCUT2D eigenvalue weighted by Gasteiger charge is 2.30. The van der Waals surface area contributed by atoms with Crippen molar-refractivity contribution in [3.63, 3.8) is 0 Å². The number of nitrogens with two attached hydrogens (primary N) is 1. The number of urea groups is 1. The van der Waals surface area contributed by atoms with Crippen LogP contribution in [0.15, 0.2) is 30.3 Å². The van der Waals surface area contributed by atoms with Crippen molar-refractivity contribution < 1.29 is 9.59 Å². The van der Waals surface area contributed by atoms with Gasteiger partial charge in [-0.3, -0.25) is 15.0 Å². The first-order valence-corrected chi connectivity index (χ1v) is 7.43. The largest absolute Gasteiger partial charge is 0.351 e. The molecule has 3 amide bonds. The molecule has 5 heteroatoms. The number of rotatable bonds is 5. The summed E-state index contributed by atoms with van der Waals surface area (Å²) in [4.78, 5) is 24.4. The van der Waals surface area contributed by atoms with Crippen molar-refractivity contribution in [1.82, 2.24) is 10.2 Å². The van der Waals surface area contributed by atoms with E-state index in [1.807, 2.05) is 6.07 Å². The lowest BCUT2D eigenvalue weighted by Gasteiger charge is -2.24. The molecule has 2 rings (SSSR count). The minimum Gasteiger partial charge on any atom is -0.351 e. The summed E-state index contributed by atoms with van der Waals surface area (Å²) in [6.45, 7) is 3.89. The monoisotopic (exact) mass is 289 g/mol. The van der Waals surface area contributed by atoms with Gasteiger partial charge in [0.1, 0.15) is 0 Å². The van der Waals surface area contributed by atoms with E-state index in [0.717, 1.165) is 19.4 Å². The van der Waals surface area contributed by atoms with Crippen LogP contribution in [0.1, 0.15) is 25.3 Å². The number of imide groups is 1. The SMILES string of the molecule is C[C@H]1[C@@H](Cc2ccccc2)CCN1CCC(=O)NC(N)=O. The maximum Gasteiger partial charge on any atom is 0.318 e. The summed E-state index contributed by atoms with van der Waals surface area (Å²) in [5, 5.41) is 2.11. The average Bonchev–Trinajstić information content (AvgIpc) is 2.78. The predicted octanol–water partition coefficient (Wildman–Crippen LogP) is 1.52. The molecule has 1 aliphatic rings. The highest BCUT2D eigenvalue weighted by atomic mass is 16.2. The molecule has 0 saturated carbocycles. The van der Waals surface area contributed by atoms with Crippen molar-refractivity contribution in [3.8, 4) is 0 Å². The van der Waals surface area contributed by atoms with Gasteiger partial charge in [0.15, 0.2) is 0 Å². The number of carbonyl (C=O) groups is 2. The van der Waals surface area contributed by atoms with Gasteiger partial charge >= 0.3 is 6.03 Å². The van der Waals surface area contributed by atoms with Gasteiger partial charge in [0.05, 0.1) is 0 Å². The van der Waals surface area contributed by atoms with Crippen molar-refractivity contribution in [1.29, 1.82) is 0 Å². The fourth-order valence-electron chi connectivity index (χ4n) is 3.02. The van der Waals surface area contributed by atoms with Gasteiger partial charge in [0.2, 0.25) is 5.91 Å². The summed E-state index contributed by atoms with van der Waals surface area (Å²) in [5.41, 5.74) is 6.29. The van der Waals surface area contributed by atoms with Gasteiger partial charge in [-0.05, 0) is 37.8 Å². The Balaban J connectivity index is 1.80. The van der Waals surface area contributed by atoms with Crippen molar-refractivity contribution in [2.75, 3.05) is 13.1 Å². The number of benzene rings is 1. The first-order valence-electron chi connectivity index (χ1n) is 7.43. The molecule has 1 heterocycles. The average molecular weight is 289 g/mol. The maximum absolute atomic E-state index is 11.5. The minimum absolute atomic E-state index is 0.304. The lowest BCUT2D eigenvalue weighted by molar-refractivity contribution is -0.120. The van der Waals surface area contributed by atoms with Crippen LogP contribution in [-0.4, -0.2) is 36.0 Å². The molecule has 0 bridgehead atoms. The molecule has 5 nitrogen and oxygen atoms in total. The van der Waals surface area contributed by atoms with Crippen LogP contribution in [0.5, 0.6) is 0 Å².